The molecule has 0 spiro atoms. The van der Waals surface area contributed by atoms with Crippen LogP contribution in [0.3, 0.4) is 0 Å². The molecule has 0 aliphatic heterocycles. The van der Waals surface area contributed by atoms with Gasteiger partial charge in [0.15, 0.2) is 0 Å². The lowest BCUT2D eigenvalue weighted by Crippen LogP contribution is -1.81. The molecule has 1 aromatic heterocycles. The molecule has 0 aliphatic rings. The molecule has 0 radical (unpaired) electrons. The summed E-state index contributed by atoms with van der Waals surface area (Å²) in [5.74, 6) is 0.873. The molecule has 1 heterocycles. The molecular formula is C14H8Cl2N2O. The zero-order valence-corrected chi connectivity index (χ0v) is 11.2. The van der Waals surface area contributed by atoms with E-state index in [1.165, 1.54) is 0 Å². The lowest BCUT2D eigenvalue weighted by molar-refractivity contribution is 0.432. The fraction of sp³-hybridized carbons (Fsp3) is 0. The first-order chi connectivity index (χ1) is 9.24. The molecule has 0 amide bonds. The van der Waals surface area contributed by atoms with Gasteiger partial charge in [-0.05, 0) is 24.3 Å². The molecule has 2 aromatic carbocycles. The number of hydrogen-bond acceptors (Lipinski definition) is 3. The Labute approximate surface area is 119 Å². The average molecular weight is 291 g/mol. The SMILES string of the molecule is Clc1cccc(-c2noc(-c3ccccc3Cl)n2)c1. The van der Waals surface area contributed by atoms with E-state index < -0.39 is 0 Å². The van der Waals surface area contributed by atoms with Crippen molar-refractivity contribution >= 4 is 23.2 Å². The quantitative estimate of drug-likeness (QED) is 0.686. The van der Waals surface area contributed by atoms with Gasteiger partial charge >= 0.3 is 0 Å². The van der Waals surface area contributed by atoms with E-state index in [2.05, 4.69) is 10.1 Å². The Morgan fingerprint density at radius 1 is 0.947 bits per heavy atom. The second-order valence-corrected chi connectivity index (χ2v) is 4.76. The topological polar surface area (TPSA) is 38.9 Å². The smallest absolute Gasteiger partial charge is 0.259 e. The minimum absolute atomic E-state index is 0.389. The van der Waals surface area contributed by atoms with Crippen LogP contribution >= 0.6 is 23.2 Å². The lowest BCUT2D eigenvalue weighted by atomic mass is 10.2. The number of rotatable bonds is 2. The van der Waals surface area contributed by atoms with Gasteiger partial charge in [0.25, 0.3) is 5.89 Å². The van der Waals surface area contributed by atoms with Gasteiger partial charge in [-0.3, -0.25) is 0 Å². The molecule has 3 nitrogen and oxygen atoms in total. The fourth-order valence-electron chi connectivity index (χ4n) is 1.71. The molecule has 0 N–H and O–H groups in total. The predicted molar refractivity (Wildman–Crippen MR) is 75.2 cm³/mol. The Bertz CT molecular complexity index is 725. The van der Waals surface area contributed by atoms with Crippen LogP contribution in [0.5, 0.6) is 0 Å². The maximum Gasteiger partial charge on any atom is 0.259 e. The molecule has 0 aliphatic carbocycles. The molecule has 0 unspecified atom stereocenters. The second kappa shape index (κ2) is 5.03. The fourth-order valence-corrected chi connectivity index (χ4v) is 2.12. The number of benzene rings is 2. The molecule has 0 atom stereocenters. The standard InChI is InChI=1S/C14H8Cl2N2O/c15-10-5-3-4-9(8-10)13-17-14(19-18-13)11-6-1-2-7-12(11)16/h1-8H. The molecule has 3 rings (SSSR count). The van der Waals surface area contributed by atoms with E-state index in [0.717, 1.165) is 5.56 Å². The summed E-state index contributed by atoms with van der Waals surface area (Å²) in [4.78, 5) is 4.33. The van der Waals surface area contributed by atoms with Crippen molar-refractivity contribution in [2.45, 2.75) is 0 Å². The van der Waals surface area contributed by atoms with Crippen LogP contribution in [0.25, 0.3) is 22.8 Å². The summed E-state index contributed by atoms with van der Waals surface area (Å²) in [6, 6.07) is 14.6. The summed E-state index contributed by atoms with van der Waals surface area (Å²) in [7, 11) is 0. The third-order valence-corrected chi connectivity index (χ3v) is 3.18. The van der Waals surface area contributed by atoms with Crippen molar-refractivity contribution in [2.24, 2.45) is 0 Å². The summed E-state index contributed by atoms with van der Waals surface area (Å²) in [5.41, 5.74) is 1.51. The van der Waals surface area contributed by atoms with Crippen LogP contribution in [0, 0.1) is 0 Å². The Morgan fingerprint density at radius 2 is 1.79 bits per heavy atom. The van der Waals surface area contributed by atoms with Crippen molar-refractivity contribution in [3.63, 3.8) is 0 Å². The minimum Gasteiger partial charge on any atom is -0.334 e. The summed E-state index contributed by atoms with van der Waals surface area (Å²) in [6.45, 7) is 0. The Morgan fingerprint density at radius 3 is 2.58 bits per heavy atom. The number of halogens is 2. The van der Waals surface area contributed by atoms with Gasteiger partial charge in [-0.15, -0.1) is 0 Å². The molecule has 94 valence electrons. The molecule has 0 fully saturated rings. The number of hydrogen-bond donors (Lipinski definition) is 0. The van der Waals surface area contributed by atoms with Gasteiger partial charge in [-0.2, -0.15) is 4.98 Å². The van der Waals surface area contributed by atoms with E-state index in [0.29, 0.717) is 27.3 Å². The highest BCUT2D eigenvalue weighted by atomic mass is 35.5. The first-order valence-corrected chi connectivity index (χ1v) is 6.34. The van der Waals surface area contributed by atoms with E-state index >= 15 is 0 Å². The molecule has 0 saturated heterocycles. The normalized spacial score (nSPS) is 10.6. The van der Waals surface area contributed by atoms with Gasteiger partial charge in [-0.1, -0.05) is 52.6 Å². The highest BCUT2D eigenvalue weighted by Crippen LogP contribution is 2.28. The van der Waals surface area contributed by atoms with Crippen LogP contribution in [-0.4, -0.2) is 10.1 Å². The van der Waals surface area contributed by atoms with E-state index in [-0.39, 0.29) is 0 Å². The molecule has 0 bridgehead atoms. The third kappa shape index (κ3) is 2.48. The van der Waals surface area contributed by atoms with E-state index in [1.54, 1.807) is 18.2 Å². The van der Waals surface area contributed by atoms with Gasteiger partial charge in [0.1, 0.15) is 0 Å². The molecule has 3 aromatic rings. The van der Waals surface area contributed by atoms with E-state index in [4.69, 9.17) is 27.7 Å². The van der Waals surface area contributed by atoms with Gasteiger partial charge in [0.2, 0.25) is 5.82 Å². The molecule has 19 heavy (non-hydrogen) atoms. The molecule has 0 saturated carbocycles. The van der Waals surface area contributed by atoms with E-state index in [9.17, 15) is 0 Å². The summed E-state index contributed by atoms with van der Waals surface area (Å²) in [5, 5.41) is 5.14. The third-order valence-electron chi connectivity index (χ3n) is 2.61. The van der Waals surface area contributed by atoms with Crippen molar-refractivity contribution in [3.05, 3.63) is 58.6 Å². The van der Waals surface area contributed by atoms with Crippen molar-refractivity contribution in [2.75, 3.05) is 0 Å². The van der Waals surface area contributed by atoms with Crippen LogP contribution in [-0.2, 0) is 0 Å². The Balaban J connectivity index is 2.03. The highest BCUT2D eigenvalue weighted by molar-refractivity contribution is 6.33. The average Bonchev–Trinajstić information content (AvgIpc) is 2.89. The van der Waals surface area contributed by atoms with Gasteiger partial charge in [0, 0.05) is 10.6 Å². The second-order valence-electron chi connectivity index (χ2n) is 3.91. The van der Waals surface area contributed by atoms with Crippen LogP contribution in [0.2, 0.25) is 10.0 Å². The first kappa shape index (κ1) is 12.2. The van der Waals surface area contributed by atoms with Gasteiger partial charge in [-0.25, -0.2) is 0 Å². The van der Waals surface area contributed by atoms with Crippen molar-refractivity contribution in [1.82, 2.24) is 10.1 Å². The Kier molecular flexibility index (Phi) is 3.23. The van der Waals surface area contributed by atoms with Gasteiger partial charge < -0.3 is 4.52 Å². The highest BCUT2D eigenvalue weighted by Gasteiger charge is 2.12. The van der Waals surface area contributed by atoms with Crippen LogP contribution in [0.15, 0.2) is 53.1 Å². The largest absolute Gasteiger partial charge is 0.334 e. The van der Waals surface area contributed by atoms with Crippen LogP contribution in [0.1, 0.15) is 0 Å². The zero-order valence-electron chi connectivity index (χ0n) is 9.68. The maximum absolute atomic E-state index is 6.09. The van der Waals surface area contributed by atoms with Crippen LogP contribution < -0.4 is 0 Å². The Hall–Kier alpha value is -1.84. The summed E-state index contributed by atoms with van der Waals surface area (Å²) >= 11 is 12.0. The summed E-state index contributed by atoms with van der Waals surface area (Å²) in [6.07, 6.45) is 0. The van der Waals surface area contributed by atoms with E-state index in [1.807, 2.05) is 30.3 Å². The van der Waals surface area contributed by atoms with Crippen molar-refractivity contribution < 1.29 is 4.52 Å². The minimum atomic E-state index is 0.389. The number of aromatic nitrogens is 2. The maximum atomic E-state index is 6.09. The molecular weight excluding hydrogens is 283 g/mol. The van der Waals surface area contributed by atoms with Crippen LogP contribution in [0.4, 0.5) is 0 Å². The summed E-state index contributed by atoms with van der Waals surface area (Å²) < 4.78 is 5.24. The number of nitrogens with zero attached hydrogens (tertiary/aromatic N) is 2. The lowest BCUT2D eigenvalue weighted by Gasteiger charge is -1.96. The molecule has 5 heteroatoms. The van der Waals surface area contributed by atoms with Gasteiger partial charge in [0.05, 0.1) is 10.6 Å². The zero-order chi connectivity index (χ0) is 13.2. The van der Waals surface area contributed by atoms with Crippen molar-refractivity contribution in [3.8, 4) is 22.8 Å². The van der Waals surface area contributed by atoms with Crippen molar-refractivity contribution in [1.29, 1.82) is 0 Å². The predicted octanol–water partition coefficient (Wildman–Crippen LogP) is 4.71. The first-order valence-electron chi connectivity index (χ1n) is 5.58. The monoisotopic (exact) mass is 290 g/mol.